The van der Waals surface area contributed by atoms with Gasteiger partial charge in [-0.2, -0.15) is 0 Å². The molecule has 0 fully saturated rings. The van der Waals surface area contributed by atoms with Crippen molar-refractivity contribution >= 4 is 5.78 Å². The first-order valence-electron chi connectivity index (χ1n) is 4.12. The Balaban J connectivity index is 2.87. The number of Topliss-reactive ketones (excluding diaryl/α,β-unsaturated/α-hetero) is 1. The van der Waals surface area contributed by atoms with Crippen molar-refractivity contribution in [2.45, 2.75) is 13.0 Å². The average Bonchev–Trinajstić information content (AvgIpc) is 2.17. The van der Waals surface area contributed by atoms with Crippen molar-refractivity contribution < 1.29 is 9.90 Å². The van der Waals surface area contributed by atoms with Gasteiger partial charge in [0.1, 0.15) is 0 Å². The first-order valence-corrected chi connectivity index (χ1v) is 4.12. The first-order chi connectivity index (χ1) is 6.15. The summed E-state index contributed by atoms with van der Waals surface area (Å²) in [6, 6.07) is 6.59. The Bertz CT molecular complexity index is 292. The van der Waals surface area contributed by atoms with E-state index in [2.05, 4.69) is 0 Å². The number of nitrogens with two attached hydrogens (primary N) is 1. The standard InChI is InChI=1S/C10H13NO2/c1-7(13)8-2-4-9(5-3-8)10(11)6-12/h2-5,10,12H,6,11H2,1H3/t10-/m1/s1. The van der Waals surface area contributed by atoms with E-state index in [1.165, 1.54) is 6.92 Å². The van der Waals surface area contributed by atoms with Crippen molar-refractivity contribution in [2.75, 3.05) is 6.61 Å². The van der Waals surface area contributed by atoms with Crippen LogP contribution in [0.4, 0.5) is 0 Å². The Morgan fingerprint density at radius 1 is 1.46 bits per heavy atom. The molecular formula is C10H13NO2. The van der Waals surface area contributed by atoms with E-state index in [4.69, 9.17) is 10.8 Å². The molecule has 13 heavy (non-hydrogen) atoms. The minimum atomic E-state index is -0.360. The molecule has 0 aliphatic rings. The molecule has 1 aromatic rings. The van der Waals surface area contributed by atoms with Gasteiger partial charge < -0.3 is 10.8 Å². The van der Waals surface area contributed by atoms with E-state index in [1.807, 2.05) is 0 Å². The molecule has 1 atom stereocenters. The summed E-state index contributed by atoms with van der Waals surface area (Å²) < 4.78 is 0. The van der Waals surface area contributed by atoms with Crippen LogP contribution in [0.5, 0.6) is 0 Å². The molecule has 0 heterocycles. The summed E-state index contributed by atoms with van der Waals surface area (Å²) in [5, 5.41) is 8.77. The number of carbonyl (C=O) groups excluding carboxylic acids is 1. The van der Waals surface area contributed by atoms with E-state index in [1.54, 1.807) is 24.3 Å². The van der Waals surface area contributed by atoms with Gasteiger partial charge >= 0.3 is 0 Å². The Labute approximate surface area is 77.2 Å². The number of hydrogen-bond acceptors (Lipinski definition) is 3. The second-order valence-electron chi connectivity index (χ2n) is 2.97. The molecule has 0 saturated carbocycles. The highest BCUT2D eigenvalue weighted by atomic mass is 16.3. The molecule has 0 spiro atoms. The molecule has 0 aliphatic carbocycles. The molecule has 3 N–H and O–H groups in total. The van der Waals surface area contributed by atoms with Gasteiger partial charge in [-0.3, -0.25) is 4.79 Å². The third kappa shape index (κ3) is 2.37. The van der Waals surface area contributed by atoms with Crippen molar-refractivity contribution in [3.8, 4) is 0 Å². The zero-order valence-electron chi connectivity index (χ0n) is 7.53. The average molecular weight is 179 g/mol. The van der Waals surface area contributed by atoms with Gasteiger partial charge in [0.15, 0.2) is 5.78 Å². The van der Waals surface area contributed by atoms with Gasteiger partial charge in [0, 0.05) is 5.56 Å². The second kappa shape index (κ2) is 4.16. The number of aliphatic hydroxyl groups is 1. The zero-order valence-corrected chi connectivity index (χ0v) is 7.53. The summed E-state index contributed by atoms with van der Waals surface area (Å²) in [5.74, 6) is 0.0316. The smallest absolute Gasteiger partial charge is 0.159 e. The molecule has 3 heteroatoms. The minimum absolute atomic E-state index is 0.0316. The largest absolute Gasteiger partial charge is 0.394 e. The van der Waals surface area contributed by atoms with E-state index in [0.717, 1.165) is 5.56 Å². The van der Waals surface area contributed by atoms with Crippen LogP contribution in [0.25, 0.3) is 0 Å². The van der Waals surface area contributed by atoms with Gasteiger partial charge in [-0.25, -0.2) is 0 Å². The van der Waals surface area contributed by atoms with Gasteiger partial charge in [0.2, 0.25) is 0 Å². The first kappa shape index (κ1) is 9.89. The van der Waals surface area contributed by atoms with Crippen molar-refractivity contribution in [3.05, 3.63) is 35.4 Å². The number of hydrogen-bond donors (Lipinski definition) is 2. The molecule has 0 aromatic heterocycles. The number of rotatable bonds is 3. The van der Waals surface area contributed by atoms with Crippen molar-refractivity contribution in [2.24, 2.45) is 5.73 Å². The van der Waals surface area contributed by atoms with Gasteiger partial charge in [-0.05, 0) is 12.5 Å². The summed E-state index contributed by atoms with van der Waals surface area (Å²) in [6.45, 7) is 1.43. The summed E-state index contributed by atoms with van der Waals surface area (Å²) >= 11 is 0. The molecule has 0 saturated heterocycles. The Kier molecular flexibility index (Phi) is 3.17. The predicted octanol–water partition coefficient (Wildman–Crippen LogP) is 0.881. The highest BCUT2D eigenvalue weighted by Crippen LogP contribution is 2.11. The summed E-state index contributed by atoms with van der Waals surface area (Å²) in [6.07, 6.45) is 0. The van der Waals surface area contributed by atoms with E-state index in [9.17, 15) is 4.79 Å². The van der Waals surface area contributed by atoms with E-state index < -0.39 is 0 Å². The Morgan fingerprint density at radius 3 is 2.38 bits per heavy atom. The molecule has 70 valence electrons. The number of aliphatic hydroxyl groups excluding tert-OH is 1. The van der Waals surface area contributed by atoms with E-state index in [-0.39, 0.29) is 18.4 Å². The zero-order chi connectivity index (χ0) is 9.84. The van der Waals surface area contributed by atoms with Crippen LogP contribution < -0.4 is 5.73 Å². The highest BCUT2D eigenvalue weighted by Gasteiger charge is 2.04. The van der Waals surface area contributed by atoms with Crippen LogP contribution in [-0.4, -0.2) is 17.5 Å². The van der Waals surface area contributed by atoms with Gasteiger partial charge in [0.25, 0.3) is 0 Å². The second-order valence-corrected chi connectivity index (χ2v) is 2.97. The molecule has 0 radical (unpaired) electrons. The lowest BCUT2D eigenvalue weighted by Crippen LogP contribution is -2.14. The van der Waals surface area contributed by atoms with Gasteiger partial charge in [-0.15, -0.1) is 0 Å². The molecule has 0 bridgehead atoms. The fraction of sp³-hybridized carbons (Fsp3) is 0.300. The lowest BCUT2D eigenvalue weighted by molar-refractivity contribution is 0.101. The fourth-order valence-corrected chi connectivity index (χ4v) is 1.07. The third-order valence-corrected chi connectivity index (χ3v) is 1.94. The Morgan fingerprint density at radius 2 is 2.00 bits per heavy atom. The highest BCUT2D eigenvalue weighted by molar-refractivity contribution is 5.94. The monoisotopic (exact) mass is 179 g/mol. The number of ketones is 1. The topological polar surface area (TPSA) is 63.3 Å². The van der Waals surface area contributed by atoms with Crippen LogP contribution in [0.2, 0.25) is 0 Å². The molecule has 0 unspecified atom stereocenters. The molecule has 1 aromatic carbocycles. The summed E-state index contributed by atoms with van der Waals surface area (Å²) in [5.41, 5.74) is 7.09. The summed E-state index contributed by atoms with van der Waals surface area (Å²) in [7, 11) is 0. The molecule has 1 rings (SSSR count). The normalized spacial score (nSPS) is 12.5. The number of carbonyl (C=O) groups is 1. The molecule has 0 amide bonds. The quantitative estimate of drug-likeness (QED) is 0.677. The lowest BCUT2D eigenvalue weighted by Gasteiger charge is -2.07. The van der Waals surface area contributed by atoms with Crippen molar-refractivity contribution in [3.63, 3.8) is 0 Å². The third-order valence-electron chi connectivity index (χ3n) is 1.94. The van der Waals surface area contributed by atoms with Crippen molar-refractivity contribution in [1.82, 2.24) is 0 Å². The van der Waals surface area contributed by atoms with E-state index in [0.29, 0.717) is 5.56 Å². The van der Waals surface area contributed by atoms with Crippen LogP contribution in [0.3, 0.4) is 0 Å². The van der Waals surface area contributed by atoms with Crippen LogP contribution in [0.1, 0.15) is 28.9 Å². The van der Waals surface area contributed by atoms with Gasteiger partial charge in [-0.1, -0.05) is 24.3 Å². The van der Waals surface area contributed by atoms with Crippen LogP contribution in [0.15, 0.2) is 24.3 Å². The SMILES string of the molecule is CC(=O)c1ccc([C@H](N)CO)cc1. The van der Waals surface area contributed by atoms with Crippen LogP contribution in [-0.2, 0) is 0 Å². The maximum Gasteiger partial charge on any atom is 0.159 e. The predicted molar refractivity (Wildman–Crippen MR) is 50.5 cm³/mol. The maximum absolute atomic E-state index is 10.9. The number of benzene rings is 1. The maximum atomic E-state index is 10.9. The van der Waals surface area contributed by atoms with E-state index >= 15 is 0 Å². The van der Waals surface area contributed by atoms with Crippen LogP contribution in [0, 0.1) is 0 Å². The Hall–Kier alpha value is -1.19. The van der Waals surface area contributed by atoms with Crippen LogP contribution >= 0.6 is 0 Å². The minimum Gasteiger partial charge on any atom is -0.394 e. The molecule has 3 nitrogen and oxygen atoms in total. The molecule has 0 aliphatic heterocycles. The summed E-state index contributed by atoms with van der Waals surface area (Å²) in [4.78, 5) is 10.9. The molecular weight excluding hydrogens is 166 g/mol. The van der Waals surface area contributed by atoms with Gasteiger partial charge in [0.05, 0.1) is 12.6 Å². The lowest BCUT2D eigenvalue weighted by atomic mass is 10.0. The fourth-order valence-electron chi connectivity index (χ4n) is 1.07. The van der Waals surface area contributed by atoms with Crippen molar-refractivity contribution in [1.29, 1.82) is 0 Å².